The number of fused-ring (bicyclic) bond motifs is 1. The van der Waals surface area contributed by atoms with Crippen molar-refractivity contribution in [2.45, 2.75) is 85.1 Å². The Labute approximate surface area is 204 Å². The Hall–Kier alpha value is -1.43. The Balaban J connectivity index is 1.45. The molecule has 4 rings (SSSR count). The number of hydrogen-bond donors (Lipinski definition) is 5. The first-order valence-corrected chi connectivity index (χ1v) is 11.9. The van der Waals surface area contributed by atoms with E-state index < -0.39 is 84.5 Å². The van der Waals surface area contributed by atoms with Crippen molar-refractivity contribution < 1.29 is 54.1 Å². The van der Waals surface area contributed by atoms with E-state index in [1.54, 1.807) is 13.8 Å². The van der Waals surface area contributed by atoms with E-state index in [2.05, 4.69) is 0 Å². The van der Waals surface area contributed by atoms with Crippen LogP contribution in [0.3, 0.4) is 0 Å². The molecule has 1 aromatic carbocycles. The van der Waals surface area contributed by atoms with Gasteiger partial charge in [-0.3, -0.25) is 10.1 Å². The first-order valence-electron chi connectivity index (χ1n) is 11.0. The van der Waals surface area contributed by atoms with Crippen molar-refractivity contribution in [2.24, 2.45) is 0 Å². The van der Waals surface area contributed by atoms with E-state index in [0.29, 0.717) is 4.90 Å². The number of nitrogens with zero attached hydrogens (tertiary/aromatic N) is 1. The van der Waals surface area contributed by atoms with Gasteiger partial charge in [0.05, 0.1) is 18.1 Å². The summed E-state index contributed by atoms with van der Waals surface area (Å²) in [6.45, 7) is 2.28. The lowest BCUT2D eigenvalue weighted by atomic mass is 9.97. The Kier molecular flexibility index (Phi) is 8.00. The quantitative estimate of drug-likeness (QED) is 0.220. The summed E-state index contributed by atoms with van der Waals surface area (Å²) in [5.41, 5.74) is -1.13. The van der Waals surface area contributed by atoms with E-state index in [1.165, 1.54) is 24.3 Å². The van der Waals surface area contributed by atoms with Gasteiger partial charge < -0.3 is 49.2 Å². The number of nitro benzene ring substituents is 1. The van der Waals surface area contributed by atoms with Gasteiger partial charge in [-0.25, -0.2) is 0 Å². The van der Waals surface area contributed by atoms with Crippen molar-refractivity contribution in [2.75, 3.05) is 13.2 Å². The maximum atomic E-state index is 10.8. The minimum absolute atomic E-state index is 0.101. The number of non-ortho nitro benzene ring substituents is 1. The van der Waals surface area contributed by atoms with E-state index in [1.807, 2.05) is 0 Å². The van der Waals surface area contributed by atoms with Crippen LogP contribution >= 0.6 is 11.8 Å². The van der Waals surface area contributed by atoms with E-state index in [4.69, 9.17) is 23.7 Å². The van der Waals surface area contributed by atoms with Gasteiger partial charge in [0.1, 0.15) is 54.3 Å². The third-order valence-electron chi connectivity index (χ3n) is 6.05. The van der Waals surface area contributed by atoms with Crippen LogP contribution in [0.25, 0.3) is 0 Å². The second-order valence-electron chi connectivity index (χ2n) is 8.96. The van der Waals surface area contributed by atoms with Gasteiger partial charge in [0, 0.05) is 17.0 Å². The van der Waals surface area contributed by atoms with Crippen molar-refractivity contribution in [3.05, 3.63) is 34.4 Å². The number of thioether (sulfide) groups is 1. The van der Waals surface area contributed by atoms with Crippen LogP contribution < -0.4 is 0 Å². The molecule has 14 heteroatoms. The molecule has 3 aliphatic heterocycles. The molecule has 0 amide bonds. The molecule has 0 spiro atoms. The average molecular weight is 520 g/mol. The second kappa shape index (κ2) is 10.5. The molecule has 0 bridgehead atoms. The maximum Gasteiger partial charge on any atom is 0.269 e. The monoisotopic (exact) mass is 519 g/mol. The van der Waals surface area contributed by atoms with E-state index in [-0.39, 0.29) is 5.69 Å². The van der Waals surface area contributed by atoms with Crippen LogP contribution in [0.1, 0.15) is 13.8 Å². The molecule has 13 nitrogen and oxygen atoms in total. The average Bonchev–Trinajstić information content (AvgIpc) is 3.16. The Bertz CT molecular complexity index is 886. The summed E-state index contributed by atoms with van der Waals surface area (Å²) < 4.78 is 28.7. The summed E-state index contributed by atoms with van der Waals surface area (Å²) in [6.07, 6.45) is -10.7. The molecule has 3 saturated heterocycles. The van der Waals surface area contributed by atoms with E-state index >= 15 is 0 Å². The molecule has 0 unspecified atom stereocenters. The van der Waals surface area contributed by atoms with Crippen molar-refractivity contribution in [1.82, 2.24) is 0 Å². The number of benzene rings is 1. The number of nitro groups is 1. The van der Waals surface area contributed by atoms with Gasteiger partial charge >= 0.3 is 0 Å². The summed E-state index contributed by atoms with van der Waals surface area (Å²) in [6, 6.07) is 5.55. The molecule has 10 atom stereocenters. The lowest BCUT2D eigenvalue weighted by Crippen LogP contribution is -2.63. The summed E-state index contributed by atoms with van der Waals surface area (Å²) in [7, 11) is 0. The smallest absolute Gasteiger partial charge is 0.269 e. The first kappa shape index (κ1) is 26.6. The molecule has 3 heterocycles. The summed E-state index contributed by atoms with van der Waals surface area (Å²) in [5.74, 6) is -1.03. The topological polar surface area (TPSA) is 190 Å². The minimum Gasteiger partial charge on any atom is -0.394 e. The third-order valence-corrected chi connectivity index (χ3v) is 7.21. The number of rotatable bonds is 7. The summed E-state index contributed by atoms with van der Waals surface area (Å²) in [4.78, 5) is 10.8. The van der Waals surface area contributed by atoms with Gasteiger partial charge in [-0.1, -0.05) is 11.8 Å². The lowest BCUT2D eigenvalue weighted by Gasteiger charge is -2.45. The number of hydrogen-bond acceptors (Lipinski definition) is 13. The van der Waals surface area contributed by atoms with E-state index in [0.717, 1.165) is 11.8 Å². The standard InChI is InChI=1S/C21H29NO12S/c1-21(2)33-17-12(8-24)30-19(15(27)18(17)34-21)32-16-11(7-23)31-20(14(26)13(16)25)35-10-5-3-9(4-6-10)22(28)29/h3-6,11-20,23-27H,7-8H2,1-2H3/t11-,12-,13-,14-,15-,16-,17+,18-,19+,20+/m1/s1. The van der Waals surface area contributed by atoms with Crippen LogP contribution in [0, 0.1) is 10.1 Å². The van der Waals surface area contributed by atoms with Gasteiger partial charge in [0.2, 0.25) is 0 Å². The molecule has 0 radical (unpaired) electrons. The van der Waals surface area contributed by atoms with Crippen LogP contribution in [0.5, 0.6) is 0 Å². The molecular formula is C21H29NO12S. The van der Waals surface area contributed by atoms with Crippen molar-refractivity contribution in [3.63, 3.8) is 0 Å². The maximum absolute atomic E-state index is 10.8. The van der Waals surface area contributed by atoms with Crippen LogP contribution in [0.4, 0.5) is 5.69 Å². The molecule has 1 aromatic rings. The zero-order valence-corrected chi connectivity index (χ0v) is 19.8. The molecule has 5 N–H and O–H groups in total. The minimum atomic E-state index is -1.55. The van der Waals surface area contributed by atoms with Crippen LogP contribution in [-0.2, 0) is 23.7 Å². The Morgan fingerprint density at radius 1 is 0.971 bits per heavy atom. The van der Waals surface area contributed by atoms with Gasteiger partial charge in [0.15, 0.2) is 12.1 Å². The number of aliphatic hydroxyl groups is 5. The van der Waals surface area contributed by atoms with Crippen LogP contribution in [-0.4, -0.2) is 110 Å². The highest BCUT2D eigenvalue weighted by atomic mass is 32.2. The zero-order chi connectivity index (χ0) is 25.5. The number of aliphatic hydroxyl groups excluding tert-OH is 5. The van der Waals surface area contributed by atoms with Gasteiger partial charge in [-0.2, -0.15) is 0 Å². The Morgan fingerprint density at radius 3 is 2.20 bits per heavy atom. The van der Waals surface area contributed by atoms with Gasteiger partial charge in [-0.15, -0.1) is 0 Å². The fourth-order valence-electron chi connectivity index (χ4n) is 4.37. The van der Waals surface area contributed by atoms with E-state index in [9.17, 15) is 35.6 Å². The second-order valence-corrected chi connectivity index (χ2v) is 10.1. The zero-order valence-electron chi connectivity index (χ0n) is 18.9. The van der Waals surface area contributed by atoms with Crippen LogP contribution in [0.15, 0.2) is 29.2 Å². The predicted molar refractivity (Wildman–Crippen MR) is 117 cm³/mol. The fourth-order valence-corrected chi connectivity index (χ4v) is 5.43. The fraction of sp³-hybridized carbons (Fsp3) is 0.714. The molecule has 0 saturated carbocycles. The molecular weight excluding hydrogens is 490 g/mol. The van der Waals surface area contributed by atoms with Crippen molar-refractivity contribution >= 4 is 17.4 Å². The summed E-state index contributed by atoms with van der Waals surface area (Å²) >= 11 is 1.01. The highest BCUT2D eigenvalue weighted by molar-refractivity contribution is 7.99. The number of ether oxygens (including phenoxy) is 5. The molecule has 196 valence electrons. The lowest BCUT2D eigenvalue weighted by molar-refractivity contribution is -0.384. The molecule has 0 aromatic heterocycles. The van der Waals surface area contributed by atoms with Gasteiger partial charge in [0.25, 0.3) is 5.69 Å². The summed E-state index contributed by atoms with van der Waals surface area (Å²) in [5, 5.41) is 62.8. The van der Waals surface area contributed by atoms with Crippen molar-refractivity contribution in [1.29, 1.82) is 0 Å². The van der Waals surface area contributed by atoms with Crippen molar-refractivity contribution in [3.8, 4) is 0 Å². The molecule has 3 aliphatic rings. The normalized spacial score (nSPS) is 40.9. The SMILES string of the molecule is CC1(C)O[C@@H]2[C@@H](O)[C@H](O[C@H]3[C@H](O)[C@@H](O)[C@H](Sc4ccc([N+](=O)[O-])cc4)O[C@@H]3CO)O[C@H](CO)[C@@H]2O1. The molecule has 3 fully saturated rings. The highest BCUT2D eigenvalue weighted by Gasteiger charge is 2.56. The third kappa shape index (κ3) is 5.47. The largest absolute Gasteiger partial charge is 0.394 e. The first-order chi connectivity index (χ1) is 16.5. The Morgan fingerprint density at radius 2 is 1.60 bits per heavy atom. The van der Waals surface area contributed by atoms with Crippen LogP contribution in [0.2, 0.25) is 0 Å². The highest BCUT2D eigenvalue weighted by Crippen LogP contribution is 2.40. The molecule has 35 heavy (non-hydrogen) atoms. The molecule has 0 aliphatic carbocycles. The van der Waals surface area contributed by atoms with Gasteiger partial charge in [-0.05, 0) is 26.0 Å². The predicted octanol–water partition coefficient (Wildman–Crippen LogP) is -0.891.